The molecule has 0 saturated carbocycles. The first-order chi connectivity index (χ1) is 20.8. The van der Waals surface area contributed by atoms with Crippen molar-refractivity contribution in [2.24, 2.45) is 0 Å². The van der Waals surface area contributed by atoms with Gasteiger partial charge in [0.05, 0.1) is 6.54 Å². The van der Waals surface area contributed by atoms with E-state index < -0.39 is 35.0 Å². The van der Waals surface area contributed by atoms with Gasteiger partial charge in [-0.15, -0.1) is 0 Å². The van der Waals surface area contributed by atoms with Crippen molar-refractivity contribution in [3.8, 4) is 16.9 Å². The Labute approximate surface area is 251 Å². The van der Waals surface area contributed by atoms with Crippen LogP contribution in [-0.4, -0.2) is 58.5 Å². The average molecular weight is 609 g/mol. The zero-order valence-electron chi connectivity index (χ0n) is 23.2. The summed E-state index contributed by atoms with van der Waals surface area (Å²) in [5.74, 6) is -2.51. The third kappa shape index (κ3) is 5.96. The van der Waals surface area contributed by atoms with Gasteiger partial charge in [0.15, 0.2) is 5.50 Å². The molecule has 7 nitrogen and oxygen atoms in total. The predicted molar refractivity (Wildman–Crippen MR) is 159 cm³/mol. The molecule has 1 fully saturated rings. The Bertz CT molecular complexity index is 1550. The van der Waals surface area contributed by atoms with Crippen LogP contribution >= 0.6 is 11.8 Å². The van der Waals surface area contributed by atoms with E-state index in [-0.39, 0.29) is 35.7 Å². The van der Waals surface area contributed by atoms with Crippen LogP contribution in [0.2, 0.25) is 0 Å². The summed E-state index contributed by atoms with van der Waals surface area (Å²) >= 11 is 1.30. The minimum absolute atomic E-state index is 0.0960. The van der Waals surface area contributed by atoms with Crippen LogP contribution in [0.25, 0.3) is 11.1 Å². The van der Waals surface area contributed by atoms with Gasteiger partial charge >= 0.3 is 0 Å². The SMILES string of the molecule is O=C(NC1NC=CS1)C(c1cc(F)ccc1O)N1Cc2c(F)cc(-c3ccc(C4CCN(CCF)CC4)cc3)cc2C1=O. The number of rotatable bonds is 8. The second-order valence-corrected chi connectivity index (χ2v) is 12.0. The monoisotopic (exact) mass is 608 g/mol. The Hall–Kier alpha value is -3.96. The molecule has 3 aromatic rings. The lowest BCUT2D eigenvalue weighted by Crippen LogP contribution is -2.46. The summed E-state index contributed by atoms with van der Waals surface area (Å²) in [6.07, 6.45) is 3.54. The van der Waals surface area contributed by atoms with Crippen LogP contribution in [0.15, 0.2) is 66.2 Å². The highest BCUT2D eigenvalue weighted by atomic mass is 32.2. The van der Waals surface area contributed by atoms with Crippen LogP contribution < -0.4 is 10.6 Å². The molecule has 0 spiro atoms. The van der Waals surface area contributed by atoms with Crippen LogP contribution in [0.1, 0.15) is 51.8 Å². The fourth-order valence-corrected chi connectivity index (χ4v) is 6.74. The molecule has 43 heavy (non-hydrogen) atoms. The summed E-state index contributed by atoms with van der Waals surface area (Å²) in [6.45, 7) is 1.61. The van der Waals surface area contributed by atoms with Gasteiger partial charge < -0.3 is 25.5 Å². The molecule has 0 radical (unpaired) electrons. The fraction of sp³-hybridized carbons (Fsp3) is 0.312. The summed E-state index contributed by atoms with van der Waals surface area (Å²) < 4.78 is 42.5. The third-order valence-electron chi connectivity index (χ3n) is 8.37. The van der Waals surface area contributed by atoms with Crippen molar-refractivity contribution in [3.63, 3.8) is 0 Å². The molecule has 3 aliphatic heterocycles. The summed E-state index contributed by atoms with van der Waals surface area (Å²) in [6, 6.07) is 12.6. The summed E-state index contributed by atoms with van der Waals surface area (Å²) in [5.41, 5.74) is 2.06. The van der Waals surface area contributed by atoms with E-state index >= 15 is 4.39 Å². The maximum absolute atomic E-state index is 15.5. The Morgan fingerprint density at radius 2 is 1.84 bits per heavy atom. The molecule has 2 amide bonds. The Morgan fingerprint density at radius 1 is 1.07 bits per heavy atom. The lowest BCUT2D eigenvalue weighted by atomic mass is 9.88. The van der Waals surface area contributed by atoms with E-state index in [2.05, 4.69) is 15.5 Å². The van der Waals surface area contributed by atoms with Crippen LogP contribution in [0, 0.1) is 11.6 Å². The van der Waals surface area contributed by atoms with Gasteiger partial charge in [0.2, 0.25) is 5.91 Å². The molecule has 3 heterocycles. The van der Waals surface area contributed by atoms with Crippen molar-refractivity contribution in [2.45, 2.75) is 36.8 Å². The topological polar surface area (TPSA) is 84.9 Å². The highest BCUT2D eigenvalue weighted by Crippen LogP contribution is 2.39. The maximum atomic E-state index is 15.5. The van der Waals surface area contributed by atoms with E-state index in [1.807, 2.05) is 24.3 Å². The zero-order valence-corrected chi connectivity index (χ0v) is 24.0. The smallest absolute Gasteiger partial charge is 0.255 e. The number of thioether (sulfide) groups is 1. The molecule has 0 aliphatic carbocycles. The first-order valence-electron chi connectivity index (χ1n) is 14.2. The molecule has 0 aromatic heterocycles. The predicted octanol–water partition coefficient (Wildman–Crippen LogP) is 5.39. The molecule has 3 N–H and O–H groups in total. The molecular weight excluding hydrogens is 577 g/mol. The van der Waals surface area contributed by atoms with Crippen molar-refractivity contribution in [3.05, 3.63) is 100 Å². The first kappa shape index (κ1) is 29.1. The van der Waals surface area contributed by atoms with Crippen molar-refractivity contribution in [1.29, 1.82) is 0 Å². The molecule has 0 bridgehead atoms. The minimum atomic E-state index is -1.41. The molecule has 3 aliphatic rings. The molecule has 11 heteroatoms. The Kier molecular flexibility index (Phi) is 8.36. The first-order valence-corrected chi connectivity index (χ1v) is 15.1. The largest absolute Gasteiger partial charge is 0.508 e. The van der Waals surface area contributed by atoms with E-state index in [9.17, 15) is 23.5 Å². The third-order valence-corrected chi connectivity index (χ3v) is 9.19. The highest BCUT2D eigenvalue weighted by molar-refractivity contribution is 8.02. The number of carbonyl (C=O) groups is 2. The van der Waals surface area contributed by atoms with Crippen LogP contribution in [0.3, 0.4) is 0 Å². The quantitative estimate of drug-likeness (QED) is 0.318. The van der Waals surface area contributed by atoms with Gasteiger partial charge in [0.25, 0.3) is 5.91 Å². The van der Waals surface area contributed by atoms with Crippen molar-refractivity contribution in [2.75, 3.05) is 26.3 Å². The van der Waals surface area contributed by atoms with Gasteiger partial charge in [0.1, 0.15) is 30.1 Å². The number of likely N-dealkylation sites (tertiary alicyclic amines) is 1. The molecule has 1 saturated heterocycles. The number of piperidine rings is 1. The Balaban J connectivity index is 1.26. The van der Waals surface area contributed by atoms with Crippen molar-refractivity contribution >= 4 is 23.6 Å². The molecule has 2 atom stereocenters. The summed E-state index contributed by atoms with van der Waals surface area (Å²) in [4.78, 5) is 30.6. The molecule has 3 aromatic carbocycles. The normalized spacial score (nSPS) is 19.4. The fourth-order valence-electron chi connectivity index (χ4n) is 6.08. The molecule has 224 valence electrons. The number of phenols is 1. The van der Waals surface area contributed by atoms with E-state index in [4.69, 9.17) is 0 Å². The second kappa shape index (κ2) is 12.3. The summed E-state index contributed by atoms with van der Waals surface area (Å²) in [7, 11) is 0. The lowest BCUT2D eigenvalue weighted by molar-refractivity contribution is -0.126. The number of aromatic hydroxyl groups is 1. The van der Waals surface area contributed by atoms with E-state index in [1.54, 1.807) is 17.7 Å². The Morgan fingerprint density at radius 3 is 2.53 bits per heavy atom. The zero-order chi connectivity index (χ0) is 30.1. The van der Waals surface area contributed by atoms with E-state index in [1.165, 1.54) is 23.4 Å². The number of hydrogen-bond donors (Lipinski definition) is 3. The van der Waals surface area contributed by atoms with Gasteiger partial charge in [-0.25, -0.2) is 13.2 Å². The minimum Gasteiger partial charge on any atom is -0.508 e. The van der Waals surface area contributed by atoms with E-state index in [0.717, 1.165) is 54.6 Å². The van der Waals surface area contributed by atoms with Crippen LogP contribution in [0.5, 0.6) is 5.75 Å². The number of amides is 2. The summed E-state index contributed by atoms with van der Waals surface area (Å²) in [5, 5.41) is 18.0. The number of fused-ring (bicyclic) bond motifs is 1. The van der Waals surface area contributed by atoms with Crippen LogP contribution in [0.4, 0.5) is 13.2 Å². The molecule has 2 unspecified atom stereocenters. The van der Waals surface area contributed by atoms with Gasteiger partial charge in [-0.2, -0.15) is 0 Å². The van der Waals surface area contributed by atoms with Gasteiger partial charge in [-0.1, -0.05) is 36.0 Å². The number of nitrogens with zero attached hydrogens (tertiary/aromatic N) is 2. The highest BCUT2D eigenvalue weighted by Gasteiger charge is 2.41. The number of hydrogen-bond acceptors (Lipinski definition) is 6. The number of nitrogens with one attached hydrogen (secondary N) is 2. The van der Waals surface area contributed by atoms with Gasteiger partial charge in [-0.3, -0.25) is 9.59 Å². The van der Waals surface area contributed by atoms with Crippen molar-refractivity contribution in [1.82, 2.24) is 20.4 Å². The number of benzene rings is 3. The van der Waals surface area contributed by atoms with Gasteiger partial charge in [-0.05, 0) is 84.3 Å². The van der Waals surface area contributed by atoms with Crippen LogP contribution in [-0.2, 0) is 11.3 Å². The maximum Gasteiger partial charge on any atom is 0.255 e. The second-order valence-electron chi connectivity index (χ2n) is 10.9. The number of carbonyl (C=O) groups excluding carboxylic acids is 2. The lowest BCUT2D eigenvalue weighted by Gasteiger charge is -2.31. The average Bonchev–Trinajstić information content (AvgIpc) is 3.64. The van der Waals surface area contributed by atoms with Gasteiger partial charge in [0, 0.05) is 29.4 Å². The van der Waals surface area contributed by atoms with Crippen molar-refractivity contribution < 1.29 is 27.9 Å². The molecular formula is C32H31F3N4O3S. The number of halogens is 3. The number of alkyl halides is 1. The number of phenolic OH excluding ortho intramolecular Hbond substituents is 1. The standard InChI is InChI=1S/C32H31F3N4O3S/c33-9-13-38-11-7-21(8-12-38)19-1-3-20(4-2-19)22-15-24-26(27(35)16-22)18-39(31(24)42)29(25-17-23(34)5-6-28(25)40)30(41)37-32-36-10-14-43-32/h1-6,10,14-17,21,29,32,36,40H,7-9,11-13,18H2,(H,37,41). The van der Waals surface area contributed by atoms with E-state index in [0.29, 0.717) is 18.0 Å². The molecule has 6 rings (SSSR count).